The maximum absolute atomic E-state index is 12.0. The van der Waals surface area contributed by atoms with Crippen LogP contribution in [0.1, 0.15) is 19.3 Å². The van der Waals surface area contributed by atoms with Gasteiger partial charge >= 0.3 is 12.3 Å². The van der Waals surface area contributed by atoms with E-state index in [1.165, 1.54) is 0 Å². The number of carbonyl (C=O) groups excluding carboxylic acids is 1. The predicted octanol–water partition coefficient (Wildman–Crippen LogP) is 2.53. The molecule has 0 saturated carbocycles. The molecule has 7 heteroatoms. The predicted molar refractivity (Wildman–Crippen MR) is 36.9 cm³/mol. The third-order valence-electron chi connectivity index (χ3n) is 1.33. The monoisotopic (exact) mass is 220 g/mol. The van der Waals surface area contributed by atoms with Crippen molar-refractivity contribution in [3.05, 3.63) is 0 Å². The Morgan fingerprint density at radius 2 is 1.64 bits per heavy atom. The Labute approximate surface area is 77.0 Å². The van der Waals surface area contributed by atoms with Crippen LogP contribution >= 0.6 is 0 Å². The first kappa shape index (κ1) is 13.3. The number of ether oxygens (including phenoxy) is 1. The van der Waals surface area contributed by atoms with Crippen LogP contribution in [0.25, 0.3) is 0 Å². The summed E-state index contributed by atoms with van der Waals surface area (Å²) in [6.45, 7) is -0.722. The van der Waals surface area contributed by atoms with Gasteiger partial charge in [-0.2, -0.15) is 22.0 Å². The number of unbranched alkanes of at least 4 members (excludes halogenated alkanes) is 2. The number of halogens is 5. The maximum atomic E-state index is 12.0. The Bertz CT molecular complexity index is 177. The van der Waals surface area contributed by atoms with E-state index in [-0.39, 0.29) is 19.3 Å². The van der Waals surface area contributed by atoms with E-state index in [9.17, 15) is 26.7 Å². The third-order valence-corrected chi connectivity index (χ3v) is 1.33. The van der Waals surface area contributed by atoms with Crippen LogP contribution in [0.5, 0.6) is 0 Å². The molecule has 2 nitrogen and oxygen atoms in total. The van der Waals surface area contributed by atoms with E-state index in [4.69, 9.17) is 0 Å². The van der Waals surface area contributed by atoms with Crippen LogP contribution in [0.4, 0.5) is 22.0 Å². The molecule has 0 aromatic heterocycles. The van der Waals surface area contributed by atoms with Gasteiger partial charge in [0.15, 0.2) is 0 Å². The summed E-state index contributed by atoms with van der Waals surface area (Å²) in [4.78, 5) is 9.76. The SMILES string of the molecule is O=CCCCCOC(F)(F)C(F)(F)F. The summed E-state index contributed by atoms with van der Waals surface area (Å²) < 4.78 is 61.8. The molecule has 14 heavy (non-hydrogen) atoms. The molecule has 0 rings (SSSR count). The van der Waals surface area contributed by atoms with Gasteiger partial charge in [0, 0.05) is 6.42 Å². The van der Waals surface area contributed by atoms with Gasteiger partial charge in [0.05, 0.1) is 6.61 Å². The van der Waals surface area contributed by atoms with E-state index < -0.39 is 18.9 Å². The zero-order chi connectivity index (χ0) is 11.2. The molecule has 0 atom stereocenters. The second kappa shape index (κ2) is 5.23. The zero-order valence-electron chi connectivity index (χ0n) is 7.11. The lowest BCUT2D eigenvalue weighted by Crippen LogP contribution is -2.39. The van der Waals surface area contributed by atoms with Crippen molar-refractivity contribution >= 4 is 6.29 Å². The summed E-state index contributed by atoms with van der Waals surface area (Å²) in [5.74, 6) is 0. The summed E-state index contributed by atoms with van der Waals surface area (Å²) in [5, 5.41) is 0. The molecule has 0 bridgehead atoms. The molecule has 0 fully saturated rings. The molecule has 0 aliphatic rings. The third kappa shape index (κ3) is 4.50. The van der Waals surface area contributed by atoms with Crippen molar-refractivity contribution in [2.24, 2.45) is 0 Å². The van der Waals surface area contributed by atoms with Crippen molar-refractivity contribution in [2.75, 3.05) is 6.61 Å². The van der Waals surface area contributed by atoms with E-state index >= 15 is 0 Å². The van der Waals surface area contributed by atoms with Gasteiger partial charge in [-0.25, -0.2) is 0 Å². The normalized spacial score (nSPS) is 12.9. The van der Waals surface area contributed by atoms with E-state index in [0.717, 1.165) is 0 Å². The number of hydrogen-bond donors (Lipinski definition) is 0. The number of carbonyl (C=O) groups is 1. The molecule has 0 unspecified atom stereocenters. The number of rotatable bonds is 6. The Hall–Kier alpha value is -0.720. The van der Waals surface area contributed by atoms with Crippen molar-refractivity contribution in [1.82, 2.24) is 0 Å². The molecule has 0 amide bonds. The van der Waals surface area contributed by atoms with E-state index in [1.807, 2.05) is 0 Å². The molecule has 0 spiro atoms. The largest absolute Gasteiger partial charge is 0.482 e. The van der Waals surface area contributed by atoms with Crippen molar-refractivity contribution in [2.45, 2.75) is 31.5 Å². The Kier molecular flexibility index (Phi) is 4.96. The maximum Gasteiger partial charge on any atom is 0.482 e. The minimum absolute atomic E-state index is 0.00951. The van der Waals surface area contributed by atoms with Crippen molar-refractivity contribution in [3.63, 3.8) is 0 Å². The molecule has 84 valence electrons. The molecule has 0 N–H and O–H groups in total. The second-order valence-corrected chi connectivity index (χ2v) is 2.53. The fourth-order valence-electron chi connectivity index (χ4n) is 0.612. The topological polar surface area (TPSA) is 26.3 Å². The first-order chi connectivity index (χ1) is 6.31. The quantitative estimate of drug-likeness (QED) is 0.390. The van der Waals surface area contributed by atoms with Crippen LogP contribution in [0.15, 0.2) is 0 Å². The lowest BCUT2D eigenvalue weighted by molar-refractivity contribution is -0.391. The van der Waals surface area contributed by atoms with Crippen LogP contribution in [-0.2, 0) is 9.53 Å². The first-order valence-electron chi connectivity index (χ1n) is 3.83. The highest BCUT2D eigenvalue weighted by atomic mass is 19.4. The molecule has 0 aromatic rings. The summed E-state index contributed by atoms with van der Waals surface area (Å²) in [5.41, 5.74) is 0. The van der Waals surface area contributed by atoms with E-state index in [1.54, 1.807) is 0 Å². The standard InChI is InChI=1S/C7H9F5O2/c8-6(9,10)7(11,12)14-5-3-1-2-4-13/h4H,1-3,5H2. The molecule has 0 aromatic carbocycles. The highest BCUT2D eigenvalue weighted by Crippen LogP contribution is 2.36. The van der Waals surface area contributed by atoms with E-state index in [0.29, 0.717) is 6.29 Å². The fraction of sp³-hybridized carbons (Fsp3) is 0.857. The van der Waals surface area contributed by atoms with Crippen molar-refractivity contribution in [3.8, 4) is 0 Å². The average Bonchev–Trinajstić information content (AvgIpc) is 2.02. The summed E-state index contributed by atoms with van der Waals surface area (Å²) >= 11 is 0. The molecule has 0 radical (unpaired) electrons. The van der Waals surface area contributed by atoms with Gasteiger partial charge in [-0.1, -0.05) is 0 Å². The Morgan fingerprint density at radius 3 is 2.07 bits per heavy atom. The smallest absolute Gasteiger partial charge is 0.313 e. The van der Waals surface area contributed by atoms with Crippen molar-refractivity contribution in [1.29, 1.82) is 0 Å². The Morgan fingerprint density at radius 1 is 1.07 bits per heavy atom. The minimum Gasteiger partial charge on any atom is -0.313 e. The summed E-state index contributed by atoms with van der Waals surface area (Å²) in [6, 6.07) is 0. The minimum atomic E-state index is -5.68. The van der Waals surface area contributed by atoms with Gasteiger partial charge in [-0.15, -0.1) is 0 Å². The van der Waals surface area contributed by atoms with Crippen LogP contribution in [0.3, 0.4) is 0 Å². The zero-order valence-corrected chi connectivity index (χ0v) is 7.11. The van der Waals surface area contributed by atoms with Gasteiger partial charge < -0.3 is 9.53 Å². The first-order valence-corrected chi connectivity index (χ1v) is 3.83. The van der Waals surface area contributed by atoms with Gasteiger partial charge in [0.2, 0.25) is 0 Å². The van der Waals surface area contributed by atoms with Crippen LogP contribution in [0, 0.1) is 0 Å². The fourth-order valence-corrected chi connectivity index (χ4v) is 0.612. The molecular formula is C7H9F5O2. The van der Waals surface area contributed by atoms with Gasteiger partial charge in [0.1, 0.15) is 6.29 Å². The number of alkyl halides is 5. The molecule has 0 aliphatic carbocycles. The van der Waals surface area contributed by atoms with Gasteiger partial charge in [-0.05, 0) is 12.8 Å². The van der Waals surface area contributed by atoms with Crippen LogP contribution in [-0.4, -0.2) is 25.2 Å². The highest BCUT2D eigenvalue weighted by Gasteiger charge is 2.59. The van der Waals surface area contributed by atoms with E-state index in [2.05, 4.69) is 4.74 Å². The van der Waals surface area contributed by atoms with Crippen molar-refractivity contribution < 1.29 is 31.5 Å². The van der Waals surface area contributed by atoms with Gasteiger partial charge in [-0.3, -0.25) is 0 Å². The number of aldehydes is 1. The molecule has 0 heterocycles. The van der Waals surface area contributed by atoms with Gasteiger partial charge in [0.25, 0.3) is 0 Å². The van der Waals surface area contributed by atoms with Crippen LogP contribution < -0.4 is 0 Å². The second-order valence-electron chi connectivity index (χ2n) is 2.53. The summed E-state index contributed by atoms with van der Waals surface area (Å²) in [6.07, 6.45) is -9.88. The lowest BCUT2D eigenvalue weighted by Gasteiger charge is -2.19. The molecule has 0 aliphatic heterocycles. The number of hydrogen-bond acceptors (Lipinski definition) is 2. The molecule has 0 saturated heterocycles. The molecular weight excluding hydrogens is 211 g/mol. The summed E-state index contributed by atoms with van der Waals surface area (Å²) in [7, 11) is 0. The average molecular weight is 220 g/mol. The Balaban J connectivity index is 3.72. The highest BCUT2D eigenvalue weighted by molar-refractivity contribution is 5.48. The van der Waals surface area contributed by atoms with Crippen LogP contribution in [0.2, 0.25) is 0 Å². The lowest BCUT2D eigenvalue weighted by atomic mass is 10.3.